The quantitative estimate of drug-likeness (QED) is 0.754. The largest absolute Gasteiger partial charge is 0.416 e. The van der Waals surface area contributed by atoms with E-state index in [0.717, 1.165) is 16.9 Å². The van der Waals surface area contributed by atoms with Crippen LogP contribution in [0.3, 0.4) is 0 Å². The number of aromatic nitrogens is 4. The fraction of sp³-hybridized carbons (Fsp3) is 0.200. The molecule has 0 aliphatic carbocycles. The molecule has 2 aromatic rings. The van der Waals surface area contributed by atoms with Gasteiger partial charge >= 0.3 is 6.18 Å². The number of hydrogen-bond donors (Lipinski definition) is 0. The molecule has 0 atom stereocenters. The van der Waals surface area contributed by atoms with Gasteiger partial charge in [0.15, 0.2) is 5.82 Å². The average Bonchev–Trinajstić information content (AvgIpc) is 2.63. The fourth-order valence-electron chi connectivity index (χ4n) is 1.34. The molecule has 7 heteroatoms. The Morgan fingerprint density at radius 3 is 2.29 bits per heavy atom. The Labute approximate surface area is 95.1 Å². The van der Waals surface area contributed by atoms with E-state index in [0.29, 0.717) is 17.8 Å². The maximum absolute atomic E-state index is 12.3. The number of nitrogens with zero attached hydrogens (tertiary/aromatic N) is 4. The van der Waals surface area contributed by atoms with Crippen molar-refractivity contribution in [3.63, 3.8) is 0 Å². The molecule has 0 fully saturated rings. The van der Waals surface area contributed by atoms with Gasteiger partial charge in [-0.2, -0.15) is 18.3 Å². The van der Waals surface area contributed by atoms with E-state index in [4.69, 9.17) is 0 Å². The van der Waals surface area contributed by atoms with Crippen molar-refractivity contribution in [2.45, 2.75) is 12.6 Å². The summed E-state index contributed by atoms with van der Waals surface area (Å²) in [6, 6.07) is 4.85. The monoisotopic (exact) mass is 241 g/mol. The zero-order valence-corrected chi connectivity index (χ0v) is 8.65. The van der Waals surface area contributed by atoms with Crippen LogP contribution in [0.15, 0.2) is 24.3 Å². The summed E-state index contributed by atoms with van der Waals surface area (Å²) >= 11 is 0. The summed E-state index contributed by atoms with van der Waals surface area (Å²) in [7, 11) is 3.41. The maximum atomic E-state index is 12.3. The standard InChI is InChI=1S/C10H8F3N4/c1-17-15-9(14-16-17)6-7-2-4-8(5-3-7)10(11,12)13/h2-5H,1,6H2/q-1. The molecule has 0 bridgehead atoms. The lowest BCUT2D eigenvalue weighted by Crippen LogP contribution is -2.04. The van der Waals surface area contributed by atoms with Gasteiger partial charge in [0.05, 0.1) is 5.56 Å². The van der Waals surface area contributed by atoms with Crippen molar-refractivity contribution >= 4 is 0 Å². The maximum Gasteiger partial charge on any atom is 0.416 e. The van der Waals surface area contributed by atoms with Gasteiger partial charge in [0, 0.05) is 6.42 Å². The molecule has 0 amide bonds. The lowest BCUT2D eigenvalue weighted by Gasteiger charge is -2.06. The molecular weight excluding hydrogens is 233 g/mol. The molecule has 1 heterocycles. The van der Waals surface area contributed by atoms with Crippen LogP contribution in [0.1, 0.15) is 17.0 Å². The molecule has 0 N–H and O–H groups in total. The van der Waals surface area contributed by atoms with Gasteiger partial charge in [0.1, 0.15) is 0 Å². The first-order chi connectivity index (χ1) is 7.95. The van der Waals surface area contributed by atoms with Gasteiger partial charge in [-0.05, 0) is 17.7 Å². The predicted octanol–water partition coefficient (Wildman–Crippen LogP) is 1.92. The summed E-state index contributed by atoms with van der Waals surface area (Å²) in [5, 5.41) is 11.1. The Kier molecular flexibility index (Phi) is 2.74. The number of alkyl halides is 3. The molecule has 0 unspecified atom stereocenters. The van der Waals surface area contributed by atoms with Crippen LogP contribution in [-0.2, 0) is 12.6 Å². The number of halogens is 3. The molecule has 1 aromatic carbocycles. The van der Waals surface area contributed by atoms with Crippen LogP contribution in [0.2, 0.25) is 0 Å². The topological polar surface area (TPSA) is 43.6 Å². The van der Waals surface area contributed by atoms with Crippen molar-refractivity contribution in [1.82, 2.24) is 20.2 Å². The highest BCUT2D eigenvalue weighted by Crippen LogP contribution is 2.29. The first kappa shape index (κ1) is 11.4. The lowest BCUT2D eigenvalue weighted by atomic mass is 10.1. The van der Waals surface area contributed by atoms with Crippen LogP contribution < -0.4 is 0 Å². The third kappa shape index (κ3) is 2.74. The van der Waals surface area contributed by atoms with Crippen LogP contribution in [0.5, 0.6) is 0 Å². The summed E-state index contributed by atoms with van der Waals surface area (Å²) in [4.78, 5) is 1.05. The van der Waals surface area contributed by atoms with E-state index in [1.807, 2.05) is 0 Å². The van der Waals surface area contributed by atoms with Gasteiger partial charge in [-0.25, -0.2) is 0 Å². The molecule has 90 valence electrons. The smallest absolute Gasteiger partial charge is 0.301 e. The summed E-state index contributed by atoms with van der Waals surface area (Å²) in [6.07, 6.45) is -3.99. The van der Waals surface area contributed by atoms with Crippen molar-refractivity contribution in [1.29, 1.82) is 0 Å². The molecule has 0 aliphatic rings. The van der Waals surface area contributed by atoms with Crippen molar-refractivity contribution in [2.75, 3.05) is 0 Å². The molecular formula is C10H8F3N4-. The minimum Gasteiger partial charge on any atom is -0.301 e. The van der Waals surface area contributed by atoms with E-state index >= 15 is 0 Å². The second kappa shape index (κ2) is 4.08. The van der Waals surface area contributed by atoms with E-state index in [2.05, 4.69) is 22.5 Å². The van der Waals surface area contributed by atoms with Crippen LogP contribution in [0, 0.1) is 7.05 Å². The van der Waals surface area contributed by atoms with Gasteiger partial charge in [-0.1, -0.05) is 17.3 Å². The number of hydrogen-bond acceptors (Lipinski definition) is 3. The summed E-state index contributed by atoms with van der Waals surface area (Å²) < 4.78 is 36.9. The number of tetrazole rings is 1. The van der Waals surface area contributed by atoms with Crippen molar-refractivity contribution in [3.05, 3.63) is 48.3 Å². The van der Waals surface area contributed by atoms with E-state index in [1.54, 1.807) is 0 Å². The third-order valence-corrected chi connectivity index (χ3v) is 2.14. The first-order valence-corrected chi connectivity index (χ1v) is 4.71. The zero-order chi connectivity index (χ0) is 12.5. The Balaban J connectivity index is 2.13. The van der Waals surface area contributed by atoms with Crippen molar-refractivity contribution < 1.29 is 13.2 Å². The summed E-state index contributed by atoms with van der Waals surface area (Å²) in [5.41, 5.74) is 0.0148. The van der Waals surface area contributed by atoms with Gasteiger partial charge in [-0.3, -0.25) is 7.05 Å². The first-order valence-electron chi connectivity index (χ1n) is 4.71. The molecule has 1 aromatic heterocycles. The van der Waals surface area contributed by atoms with Crippen LogP contribution in [-0.4, -0.2) is 20.2 Å². The minimum atomic E-state index is -4.31. The van der Waals surface area contributed by atoms with E-state index in [-0.39, 0.29) is 0 Å². The van der Waals surface area contributed by atoms with Crippen LogP contribution in [0.25, 0.3) is 0 Å². The van der Waals surface area contributed by atoms with Crippen molar-refractivity contribution in [2.24, 2.45) is 0 Å². The number of benzene rings is 1. The highest BCUT2D eigenvalue weighted by atomic mass is 19.4. The molecule has 17 heavy (non-hydrogen) atoms. The predicted molar refractivity (Wildman–Crippen MR) is 52.8 cm³/mol. The zero-order valence-electron chi connectivity index (χ0n) is 8.65. The fourth-order valence-corrected chi connectivity index (χ4v) is 1.34. The normalized spacial score (nSPS) is 11.7. The van der Waals surface area contributed by atoms with Gasteiger partial charge in [0.25, 0.3) is 0 Å². The Bertz CT molecular complexity index is 501. The molecule has 0 radical (unpaired) electrons. The second-order valence-corrected chi connectivity index (χ2v) is 3.45. The molecule has 2 rings (SSSR count). The highest BCUT2D eigenvalue weighted by molar-refractivity contribution is 5.26. The van der Waals surface area contributed by atoms with Gasteiger partial charge < -0.3 is 4.80 Å². The van der Waals surface area contributed by atoms with Gasteiger partial charge in [0.2, 0.25) is 0 Å². The average molecular weight is 241 g/mol. The summed E-state index contributed by atoms with van der Waals surface area (Å²) in [5.74, 6) is 0.416. The Hall–Kier alpha value is -2.05. The Morgan fingerprint density at radius 1 is 1.18 bits per heavy atom. The second-order valence-electron chi connectivity index (χ2n) is 3.45. The Morgan fingerprint density at radius 2 is 1.82 bits per heavy atom. The van der Waals surface area contributed by atoms with E-state index in [1.165, 1.54) is 12.1 Å². The van der Waals surface area contributed by atoms with E-state index in [9.17, 15) is 13.2 Å². The lowest BCUT2D eigenvalue weighted by molar-refractivity contribution is -0.137. The molecule has 4 nitrogen and oxygen atoms in total. The summed E-state index contributed by atoms with van der Waals surface area (Å²) in [6.45, 7) is 0. The van der Waals surface area contributed by atoms with Crippen molar-refractivity contribution in [3.8, 4) is 0 Å². The van der Waals surface area contributed by atoms with Crippen LogP contribution >= 0.6 is 0 Å². The third-order valence-electron chi connectivity index (χ3n) is 2.14. The minimum absolute atomic E-state index is 0.327. The van der Waals surface area contributed by atoms with Gasteiger partial charge in [-0.15, -0.1) is 5.10 Å². The molecule has 0 saturated heterocycles. The van der Waals surface area contributed by atoms with E-state index < -0.39 is 11.7 Å². The highest BCUT2D eigenvalue weighted by Gasteiger charge is 2.29. The van der Waals surface area contributed by atoms with Crippen LogP contribution in [0.4, 0.5) is 13.2 Å². The molecule has 0 saturated carbocycles. The SMILES string of the molecule is [CH2-]n1nnc(Cc2ccc(C(F)(F)F)cc2)n1. The number of rotatable bonds is 2. The molecule has 0 aliphatic heterocycles. The molecule has 0 spiro atoms.